The number of nitrogens with two attached hydrogens (primary N) is 1. The highest BCUT2D eigenvalue weighted by Gasteiger charge is 2.34. The number of nitrogens with one attached hydrogen (secondary N) is 1. The van der Waals surface area contributed by atoms with E-state index in [2.05, 4.69) is 22.2 Å². The Morgan fingerprint density at radius 1 is 1.56 bits per heavy atom. The van der Waals surface area contributed by atoms with E-state index >= 15 is 0 Å². The van der Waals surface area contributed by atoms with Crippen molar-refractivity contribution in [3.05, 3.63) is 12.4 Å². The summed E-state index contributed by atoms with van der Waals surface area (Å²) in [5.74, 6) is 1.97. The first-order valence-electron chi connectivity index (χ1n) is 6.52. The second-order valence-electron chi connectivity index (χ2n) is 5.26. The van der Waals surface area contributed by atoms with Crippen LogP contribution in [0.25, 0.3) is 0 Å². The van der Waals surface area contributed by atoms with Crippen LogP contribution in [0.5, 0.6) is 5.88 Å². The molecule has 1 aliphatic carbocycles. The maximum Gasteiger partial charge on any atom is 0.233 e. The Kier molecular flexibility index (Phi) is 4.01. The molecule has 1 heterocycles. The zero-order chi connectivity index (χ0) is 13.0. The van der Waals surface area contributed by atoms with Gasteiger partial charge in [0.25, 0.3) is 0 Å². The van der Waals surface area contributed by atoms with Crippen molar-refractivity contribution in [2.24, 2.45) is 11.7 Å². The van der Waals surface area contributed by atoms with Gasteiger partial charge >= 0.3 is 0 Å². The normalized spacial score (nSPS) is 27.8. The molecule has 5 nitrogen and oxygen atoms in total. The molecule has 3 N–H and O–H groups in total. The molecule has 1 fully saturated rings. The number of aromatic nitrogens is 2. The predicted molar refractivity (Wildman–Crippen MR) is 71.6 cm³/mol. The molecule has 0 aliphatic heterocycles. The molecule has 5 heteroatoms. The minimum atomic E-state index is -0.0429. The Bertz CT molecular complexity index is 398. The number of anilines is 1. The lowest BCUT2D eigenvalue weighted by Crippen LogP contribution is -2.48. The number of methoxy groups -OCH3 is 1. The lowest BCUT2D eigenvalue weighted by atomic mass is 9.76. The quantitative estimate of drug-likeness (QED) is 0.852. The lowest BCUT2D eigenvalue weighted by Gasteiger charge is -2.40. The summed E-state index contributed by atoms with van der Waals surface area (Å²) < 4.78 is 5.09. The van der Waals surface area contributed by atoms with Crippen LogP contribution < -0.4 is 15.8 Å². The van der Waals surface area contributed by atoms with Gasteiger partial charge in [0.15, 0.2) is 0 Å². The third-order valence-corrected chi connectivity index (χ3v) is 3.70. The van der Waals surface area contributed by atoms with Crippen LogP contribution in [-0.4, -0.2) is 29.2 Å². The summed E-state index contributed by atoms with van der Waals surface area (Å²) in [5, 5.41) is 3.47. The smallest absolute Gasteiger partial charge is 0.233 e. The van der Waals surface area contributed by atoms with E-state index in [1.165, 1.54) is 12.8 Å². The van der Waals surface area contributed by atoms with Gasteiger partial charge in [0.05, 0.1) is 25.0 Å². The molecule has 2 unspecified atom stereocenters. The fraction of sp³-hybridized carbons (Fsp3) is 0.692. The Morgan fingerprint density at radius 3 is 3.06 bits per heavy atom. The van der Waals surface area contributed by atoms with E-state index < -0.39 is 0 Å². The van der Waals surface area contributed by atoms with E-state index in [0.29, 0.717) is 18.3 Å². The lowest BCUT2D eigenvalue weighted by molar-refractivity contribution is 0.263. The average molecular weight is 250 g/mol. The summed E-state index contributed by atoms with van der Waals surface area (Å²) in [6.07, 6.45) is 7.99. The molecule has 0 bridgehead atoms. The van der Waals surface area contributed by atoms with Crippen molar-refractivity contribution in [1.82, 2.24) is 9.97 Å². The predicted octanol–water partition coefficient (Wildman–Crippen LogP) is 1.80. The summed E-state index contributed by atoms with van der Waals surface area (Å²) in [7, 11) is 1.59. The minimum absolute atomic E-state index is 0.0429. The largest absolute Gasteiger partial charge is 0.480 e. The Balaban J connectivity index is 2.13. The van der Waals surface area contributed by atoms with Crippen molar-refractivity contribution < 1.29 is 4.74 Å². The molecule has 100 valence electrons. The highest BCUT2D eigenvalue weighted by molar-refractivity contribution is 5.37. The molecule has 1 aromatic heterocycles. The van der Waals surface area contributed by atoms with Gasteiger partial charge in [-0.2, -0.15) is 4.98 Å². The molecule has 2 atom stereocenters. The second kappa shape index (κ2) is 5.52. The fourth-order valence-corrected chi connectivity index (χ4v) is 2.79. The number of rotatable bonds is 4. The first-order valence-corrected chi connectivity index (χ1v) is 6.52. The van der Waals surface area contributed by atoms with Crippen LogP contribution in [0.15, 0.2) is 12.4 Å². The second-order valence-corrected chi connectivity index (χ2v) is 5.26. The van der Waals surface area contributed by atoms with Crippen LogP contribution in [0.4, 0.5) is 5.82 Å². The summed E-state index contributed by atoms with van der Waals surface area (Å²) in [5.41, 5.74) is 5.93. The molecule has 0 radical (unpaired) electrons. The Hall–Kier alpha value is -1.36. The number of hydrogen-bond donors (Lipinski definition) is 2. The van der Waals surface area contributed by atoms with Gasteiger partial charge in [0, 0.05) is 6.54 Å². The van der Waals surface area contributed by atoms with Gasteiger partial charge in [-0.25, -0.2) is 0 Å². The van der Waals surface area contributed by atoms with Crippen molar-refractivity contribution in [3.63, 3.8) is 0 Å². The minimum Gasteiger partial charge on any atom is -0.480 e. The van der Waals surface area contributed by atoms with Crippen LogP contribution in [-0.2, 0) is 0 Å². The topological polar surface area (TPSA) is 73.1 Å². The molecule has 1 aromatic rings. The van der Waals surface area contributed by atoms with Crippen LogP contribution in [0.1, 0.15) is 32.6 Å². The van der Waals surface area contributed by atoms with E-state index in [0.717, 1.165) is 18.7 Å². The van der Waals surface area contributed by atoms with E-state index in [9.17, 15) is 0 Å². The molecule has 1 aliphatic rings. The Morgan fingerprint density at radius 2 is 2.39 bits per heavy atom. The molecule has 0 aromatic carbocycles. The van der Waals surface area contributed by atoms with Gasteiger partial charge in [0.2, 0.25) is 5.88 Å². The van der Waals surface area contributed by atoms with Crippen molar-refractivity contribution in [3.8, 4) is 5.88 Å². The zero-order valence-electron chi connectivity index (χ0n) is 11.1. The SMILES string of the molecule is COc1cncc(NC2(CN)CCCC(C)C2)n1. The summed E-state index contributed by atoms with van der Waals surface area (Å²) in [6, 6.07) is 0. The van der Waals surface area contributed by atoms with Gasteiger partial charge in [-0.15, -0.1) is 0 Å². The molecular weight excluding hydrogens is 228 g/mol. The molecule has 18 heavy (non-hydrogen) atoms. The van der Waals surface area contributed by atoms with Crippen LogP contribution >= 0.6 is 0 Å². The number of hydrogen-bond acceptors (Lipinski definition) is 5. The zero-order valence-corrected chi connectivity index (χ0v) is 11.1. The van der Waals surface area contributed by atoms with Crippen molar-refractivity contribution in [2.75, 3.05) is 19.0 Å². The van der Waals surface area contributed by atoms with Crippen molar-refractivity contribution in [2.45, 2.75) is 38.1 Å². The molecule has 2 rings (SSSR count). The average Bonchev–Trinajstić information content (AvgIpc) is 2.39. The first kappa shape index (κ1) is 13.1. The monoisotopic (exact) mass is 250 g/mol. The van der Waals surface area contributed by atoms with E-state index in [1.807, 2.05) is 0 Å². The van der Waals surface area contributed by atoms with Gasteiger partial charge in [-0.05, 0) is 18.8 Å². The van der Waals surface area contributed by atoms with Crippen molar-refractivity contribution >= 4 is 5.82 Å². The first-order chi connectivity index (χ1) is 8.67. The summed E-state index contributed by atoms with van der Waals surface area (Å²) >= 11 is 0. The van der Waals surface area contributed by atoms with Crippen molar-refractivity contribution in [1.29, 1.82) is 0 Å². The van der Waals surface area contributed by atoms with Gasteiger partial charge in [-0.1, -0.05) is 19.8 Å². The highest BCUT2D eigenvalue weighted by atomic mass is 16.5. The maximum atomic E-state index is 5.98. The molecule has 1 saturated carbocycles. The van der Waals surface area contributed by atoms with E-state index in [1.54, 1.807) is 19.5 Å². The number of ether oxygens (including phenoxy) is 1. The highest BCUT2D eigenvalue weighted by Crippen LogP contribution is 2.34. The molecule has 0 spiro atoms. The van der Waals surface area contributed by atoms with Gasteiger partial charge < -0.3 is 15.8 Å². The third kappa shape index (κ3) is 2.90. The standard InChI is InChI=1S/C13H22N4O/c1-10-4-3-5-13(6-10,9-14)17-11-7-15-8-12(16-11)18-2/h7-8,10H,3-6,9,14H2,1-2H3,(H,16,17). The summed E-state index contributed by atoms with van der Waals surface area (Å²) in [4.78, 5) is 8.47. The fourth-order valence-electron chi connectivity index (χ4n) is 2.79. The van der Waals surface area contributed by atoms with Gasteiger partial charge in [0.1, 0.15) is 5.82 Å². The number of nitrogens with zero attached hydrogens (tertiary/aromatic N) is 2. The molecular formula is C13H22N4O. The summed E-state index contributed by atoms with van der Waals surface area (Å²) in [6.45, 7) is 2.90. The molecule has 0 amide bonds. The Labute approximate surface area is 108 Å². The maximum absolute atomic E-state index is 5.98. The molecule has 0 saturated heterocycles. The van der Waals surface area contributed by atoms with Crippen LogP contribution in [0, 0.1) is 5.92 Å². The third-order valence-electron chi connectivity index (χ3n) is 3.70. The van der Waals surface area contributed by atoms with Crippen LogP contribution in [0.2, 0.25) is 0 Å². The van der Waals surface area contributed by atoms with Gasteiger partial charge in [-0.3, -0.25) is 4.98 Å². The van der Waals surface area contributed by atoms with Crippen LogP contribution in [0.3, 0.4) is 0 Å². The van der Waals surface area contributed by atoms with E-state index in [4.69, 9.17) is 10.5 Å². The van der Waals surface area contributed by atoms with E-state index in [-0.39, 0.29) is 5.54 Å².